The van der Waals surface area contributed by atoms with E-state index < -0.39 is 0 Å². The van der Waals surface area contributed by atoms with Crippen LogP contribution in [0.4, 0.5) is 0 Å². The lowest BCUT2D eigenvalue weighted by Gasteiger charge is -2.11. The fourth-order valence-corrected chi connectivity index (χ4v) is 2.04. The lowest BCUT2D eigenvalue weighted by atomic mass is 9.96. The van der Waals surface area contributed by atoms with Gasteiger partial charge in [0.25, 0.3) is 0 Å². The summed E-state index contributed by atoms with van der Waals surface area (Å²) >= 11 is 0. The lowest BCUT2D eigenvalue weighted by molar-refractivity contribution is 0.802. The third-order valence-electron chi connectivity index (χ3n) is 3.13. The Morgan fingerprint density at radius 1 is 1.25 bits per heavy atom. The summed E-state index contributed by atoms with van der Waals surface area (Å²) in [7, 11) is 2.01. The van der Waals surface area contributed by atoms with Gasteiger partial charge in [-0.05, 0) is 48.4 Å². The molecule has 1 nitrogen and oxygen atoms in total. The van der Waals surface area contributed by atoms with E-state index in [4.69, 9.17) is 0 Å². The van der Waals surface area contributed by atoms with Gasteiger partial charge >= 0.3 is 0 Å². The van der Waals surface area contributed by atoms with Crippen LogP contribution in [0.1, 0.15) is 55.2 Å². The number of halogens is 1. The van der Waals surface area contributed by atoms with Gasteiger partial charge in [-0.2, -0.15) is 0 Å². The highest BCUT2D eigenvalue weighted by molar-refractivity contribution is 5.85. The van der Waals surface area contributed by atoms with Gasteiger partial charge < -0.3 is 5.32 Å². The first-order valence-corrected chi connectivity index (χ1v) is 5.99. The molecule has 1 aromatic carbocycles. The third-order valence-corrected chi connectivity index (χ3v) is 3.13. The Balaban J connectivity index is 0.00000128. The summed E-state index contributed by atoms with van der Waals surface area (Å²) in [5.74, 6) is 1.50. The Morgan fingerprint density at radius 3 is 2.44 bits per heavy atom. The van der Waals surface area contributed by atoms with Crippen LogP contribution in [0.3, 0.4) is 0 Å². The second-order valence-corrected chi connectivity index (χ2v) is 4.97. The summed E-state index contributed by atoms with van der Waals surface area (Å²) in [6.07, 6.45) is 2.78. The number of hydrogen-bond acceptors (Lipinski definition) is 1. The quantitative estimate of drug-likeness (QED) is 0.842. The van der Waals surface area contributed by atoms with E-state index in [0.29, 0.717) is 5.92 Å². The zero-order valence-electron chi connectivity index (χ0n) is 10.4. The van der Waals surface area contributed by atoms with Crippen molar-refractivity contribution >= 4 is 12.4 Å². The largest absolute Gasteiger partial charge is 0.316 e. The van der Waals surface area contributed by atoms with Crippen molar-refractivity contribution < 1.29 is 0 Å². The summed E-state index contributed by atoms with van der Waals surface area (Å²) in [6.45, 7) is 5.53. The molecule has 0 atom stereocenters. The number of nitrogens with one attached hydrogen (secondary N) is 1. The molecule has 0 bridgehead atoms. The summed E-state index contributed by atoms with van der Waals surface area (Å²) in [4.78, 5) is 0. The lowest BCUT2D eigenvalue weighted by Crippen LogP contribution is -2.06. The highest BCUT2D eigenvalue weighted by Gasteiger charge is 2.24. The topological polar surface area (TPSA) is 12.0 Å². The molecule has 1 aromatic rings. The molecule has 0 radical (unpaired) electrons. The molecule has 0 aliphatic heterocycles. The van der Waals surface area contributed by atoms with Crippen molar-refractivity contribution in [1.29, 1.82) is 0 Å². The maximum Gasteiger partial charge on any atom is 0.0202 e. The van der Waals surface area contributed by atoms with Crippen LogP contribution in [0, 0.1) is 0 Å². The van der Waals surface area contributed by atoms with Gasteiger partial charge in [0.05, 0.1) is 0 Å². The summed E-state index contributed by atoms with van der Waals surface area (Å²) in [5, 5.41) is 3.24. The SMILES string of the molecule is CNCc1cc(C(C)C)cc(C2CC2)c1.Cl. The molecule has 2 heteroatoms. The van der Waals surface area contributed by atoms with E-state index in [1.807, 2.05) is 7.05 Å². The summed E-state index contributed by atoms with van der Waals surface area (Å²) in [5.41, 5.74) is 4.49. The summed E-state index contributed by atoms with van der Waals surface area (Å²) in [6, 6.07) is 7.12. The maximum absolute atomic E-state index is 3.24. The van der Waals surface area contributed by atoms with E-state index in [2.05, 4.69) is 37.4 Å². The van der Waals surface area contributed by atoms with E-state index in [0.717, 1.165) is 12.5 Å². The first kappa shape index (κ1) is 13.5. The molecule has 1 N–H and O–H groups in total. The molecule has 0 spiro atoms. The highest BCUT2D eigenvalue weighted by atomic mass is 35.5. The Labute approximate surface area is 105 Å². The fourth-order valence-electron chi connectivity index (χ4n) is 2.04. The van der Waals surface area contributed by atoms with Crippen LogP contribution >= 0.6 is 12.4 Å². The number of benzene rings is 1. The minimum absolute atomic E-state index is 0. The van der Waals surface area contributed by atoms with Crippen molar-refractivity contribution in [3.8, 4) is 0 Å². The van der Waals surface area contributed by atoms with Crippen LogP contribution in [0.2, 0.25) is 0 Å². The maximum atomic E-state index is 3.24. The predicted octanol–water partition coefficient (Wildman–Crippen LogP) is 3.83. The smallest absolute Gasteiger partial charge is 0.0202 e. The molecule has 1 saturated carbocycles. The Bertz CT molecular complexity index is 322. The Hall–Kier alpha value is -0.530. The molecule has 0 amide bonds. The van der Waals surface area contributed by atoms with Gasteiger partial charge in [0.1, 0.15) is 0 Å². The van der Waals surface area contributed by atoms with Crippen LogP contribution < -0.4 is 5.32 Å². The number of hydrogen-bond donors (Lipinski definition) is 1. The second-order valence-electron chi connectivity index (χ2n) is 4.97. The monoisotopic (exact) mass is 239 g/mol. The standard InChI is InChI=1S/C14H21N.ClH/c1-10(2)13-6-11(9-15-3)7-14(8-13)12-4-5-12;/h6-8,10,12,15H,4-5,9H2,1-3H3;1H. The van der Waals surface area contributed by atoms with E-state index in [1.165, 1.54) is 24.0 Å². The molecular formula is C14H22ClN. The van der Waals surface area contributed by atoms with Crippen LogP contribution in [0.5, 0.6) is 0 Å². The van der Waals surface area contributed by atoms with Gasteiger partial charge in [-0.15, -0.1) is 12.4 Å². The fraction of sp³-hybridized carbons (Fsp3) is 0.571. The van der Waals surface area contributed by atoms with Crippen molar-refractivity contribution in [3.05, 3.63) is 34.9 Å². The minimum Gasteiger partial charge on any atom is -0.316 e. The van der Waals surface area contributed by atoms with Crippen LogP contribution in [-0.4, -0.2) is 7.05 Å². The van der Waals surface area contributed by atoms with Crippen molar-refractivity contribution in [2.45, 2.75) is 45.1 Å². The molecule has 16 heavy (non-hydrogen) atoms. The first-order chi connectivity index (χ1) is 7.20. The van der Waals surface area contributed by atoms with Crippen LogP contribution in [0.15, 0.2) is 18.2 Å². The molecule has 1 aliphatic rings. The van der Waals surface area contributed by atoms with Crippen molar-refractivity contribution in [2.24, 2.45) is 0 Å². The predicted molar refractivity (Wildman–Crippen MR) is 72.5 cm³/mol. The molecule has 1 aliphatic carbocycles. The van der Waals surface area contributed by atoms with Gasteiger partial charge in [0.15, 0.2) is 0 Å². The van der Waals surface area contributed by atoms with Gasteiger partial charge in [0.2, 0.25) is 0 Å². The average molecular weight is 240 g/mol. The normalized spacial score (nSPS) is 15.0. The van der Waals surface area contributed by atoms with Gasteiger partial charge in [0, 0.05) is 6.54 Å². The van der Waals surface area contributed by atoms with Crippen molar-refractivity contribution in [1.82, 2.24) is 5.32 Å². The number of rotatable bonds is 4. The molecule has 0 unspecified atom stereocenters. The van der Waals surface area contributed by atoms with E-state index >= 15 is 0 Å². The van der Waals surface area contributed by atoms with Crippen molar-refractivity contribution in [2.75, 3.05) is 7.05 Å². The molecule has 1 fully saturated rings. The molecule has 2 rings (SSSR count). The van der Waals surface area contributed by atoms with E-state index in [1.54, 1.807) is 5.56 Å². The van der Waals surface area contributed by atoms with Gasteiger partial charge in [-0.1, -0.05) is 32.0 Å². The second kappa shape index (κ2) is 5.70. The summed E-state index contributed by atoms with van der Waals surface area (Å²) < 4.78 is 0. The molecule has 0 aromatic heterocycles. The third kappa shape index (κ3) is 3.23. The molecular weight excluding hydrogens is 218 g/mol. The molecule has 90 valence electrons. The zero-order valence-corrected chi connectivity index (χ0v) is 11.2. The molecule has 0 heterocycles. The van der Waals surface area contributed by atoms with Gasteiger partial charge in [-0.25, -0.2) is 0 Å². The van der Waals surface area contributed by atoms with Crippen LogP contribution in [-0.2, 0) is 6.54 Å². The average Bonchev–Trinajstić information content (AvgIpc) is 3.01. The Kier molecular flexibility index (Phi) is 4.82. The Morgan fingerprint density at radius 2 is 1.94 bits per heavy atom. The highest BCUT2D eigenvalue weighted by Crippen LogP contribution is 2.41. The van der Waals surface area contributed by atoms with E-state index in [-0.39, 0.29) is 12.4 Å². The minimum atomic E-state index is 0. The van der Waals surface area contributed by atoms with Crippen molar-refractivity contribution in [3.63, 3.8) is 0 Å². The zero-order chi connectivity index (χ0) is 10.8. The van der Waals surface area contributed by atoms with Gasteiger partial charge in [-0.3, -0.25) is 0 Å². The van der Waals surface area contributed by atoms with E-state index in [9.17, 15) is 0 Å². The first-order valence-electron chi connectivity index (χ1n) is 5.99. The van der Waals surface area contributed by atoms with Crippen LogP contribution in [0.25, 0.3) is 0 Å². The molecule has 0 saturated heterocycles.